The molecule has 0 aliphatic carbocycles. The molecule has 0 aliphatic rings. The van der Waals surface area contributed by atoms with Crippen molar-refractivity contribution in [3.05, 3.63) is 78.8 Å². The Bertz CT molecular complexity index is 1100. The van der Waals surface area contributed by atoms with Crippen molar-refractivity contribution in [3.63, 3.8) is 0 Å². The summed E-state index contributed by atoms with van der Waals surface area (Å²) in [7, 11) is 0. The molecule has 0 spiro atoms. The summed E-state index contributed by atoms with van der Waals surface area (Å²) in [4.78, 5) is 21.2. The third-order valence-corrected chi connectivity index (χ3v) is 4.53. The number of benzene rings is 2. The summed E-state index contributed by atoms with van der Waals surface area (Å²) in [6.45, 7) is 3.86. The number of hydrogen-bond donors (Lipinski definition) is 1. The Hall–Kier alpha value is -3.67. The first kappa shape index (κ1) is 17.7. The number of hydrogen-bond acceptors (Lipinski definition) is 4. The van der Waals surface area contributed by atoms with Gasteiger partial charge in [-0.3, -0.25) is 4.79 Å². The highest BCUT2D eigenvalue weighted by Crippen LogP contribution is 2.22. The molecule has 28 heavy (non-hydrogen) atoms. The average Bonchev–Trinajstić information content (AvgIpc) is 3.14. The van der Waals surface area contributed by atoms with Gasteiger partial charge in [-0.25, -0.2) is 9.97 Å². The lowest BCUT2D eigenvalue weighted by Crippen LogP contribution is -2.23. The molecule has 140 valence electrons. The van der Waals surface area contributed by atoms with E-state index in [2.05, 4.69) is 15.3 Å². The molecule has 0 fully saturated rings. The first-order valence-electron chi connectivity index (χ1n) is 9.03. The van der Waals surface area contributed by atoms with Crippen LogP contribution in [0.1, 0.15) is 18.5 Å². The van der Waals surface area contributed by atoms with Gasteiger partial charge in [0.1, 0.15) is 11.8 Å². The number of imidazole rings is 1. The SMILES string of the molecule is Cc1ccc(Oc2ccc(NC(=O)[C@@H](C)n3cnc4ccccc43)cn2)cc1. The predicted molar refractivity (Wildman–Crippen MR) is 109 cm³/mol. The van der Waals surface area contributed by atoms with E-state index in [4.69, 9.17) is 4.74 Å². The third-order valence-electron chi connectivity index (χ3n) is 4.53. The second-order valence-corrected chi connectivity index (χ2v) is 6.61. The van der Waals surface area contributed by atoms with Crippen molar-refractivity contribution in [2.24, 2.45) is 0 Å². The number of carbonyl (C=O) groups excluding carboxylic acids is 1. The molecule has 6 nitrogen and oxygen atoms in total. The molecule has 0 bridgehead atoms. The van der Waals surface area contributed by atoms with Crippen LogP contribution in [0.2, 0.25) is 0 Å². The summed E-state index contributed by atoms with van der Waals surface area (Å²) in [5.74, 6) is 1.04. The highest BCUT2D eigenvalue weighted by atomic mass is 16.5. The Balaban J connectivity index is 1.43. The summed E-state index contributed by atoms with van der Waals surface area (Å²) < 4.78 is 7.57. The first-order valence-corrected chi connectivity index (χ1v) is 9.03. The van der Waals surface area contributed by atoms with Gasteiger partial charge < -0.3 is 14.6 Å². The molecule has 0 unspecified atom stereocenters. The number of fused-ring (bicyclic) bond motifs is 1. The van der Waals surface area contributed by atoms with Crippen LogP contribution in [-0.4, -0.2) is 20.4 Å². The molecule has 1 N–H and O–H groups in total. The number of ether oxygens (including phenoxy) is 1. The number of aromatic nitrogens is 3. The van der Waals surface area contributed by atoms with Gasteiger partial charge in [-0.1, -0.05) is 29.8 Å². The zero-order valence-electron chi connectivity index (χ0n) is 15.7. The Morgan fingerprint density at radius 1 is 1.04 bits per heavy atom. The molecule has 0 saturated heterocycles. The molecular formula is C22H20N4O2. The maximum atomic E-state index is 12.6. The molecule has 1 atom stereocenters. The topological polar surface area (TPSA) is 69.0 Å². The lowest BCUT2D eigenvalue weighted by molar-refractivity contribution is -0.118. The Kier molecular flexibility index (Phi) is 4.76. The molecule has 2 aromatic heterocycles. The quantitative estimate of drug-likeness (QED) is 0.550. The largest absolute Gasteiger partial charge is 0.439 e. The maximum Gasteiger partial charge on any atom is 0.247 e. The summed E-state index contributed by atoms with van der Waals surface area (Å²) in [6, 6.07) is 18.6. The fourth-order valence-corrected chi connectivity index (χ4v) is 2.90. The molecule has 0 radical (unpaired) electrons. The minimum atomic E-state index is -0.407. The van der Waals surface area contributed by atoms with Gasteiger partial charge in [0.25, 0.3) is 0 Å². The van der Waals surface area contributed by atoms with Crippen LogP contribution in [0.15, 0.2) is 73.2 Å². The van der Waals surface area contributed by atoms with Gasteiger partial charge in [-0.2, -0.15) is 0 Å². The van der Waals surface area contributed by atoms with E-state index in [0.29, 0.717) is 11.6 Å². The van der Waals surface area contributed by atoms with Crippen molar-refractivity contribution >= 4 is 22.6 Å². The zero-order chi connectivity index (χ0) is 19.5. The first-order chi connectivity index (χ1) is 13.6. The van der Waals surface area contributed by atoms with E-state index in [0.717, 1.165) is 22.3 Å². The van der Waals surface area contributed by atoms with Gasteiger partial charge in [0, 0.05) is 6.07 Å². The molecule has 1 amide bonds. The van der Waals surface area contributed by atoms with Gasteiger partial charge >= 0.3 is 0 Å². The minimum Gasteiger partial charge on any atom is -0.439 e. The normalized spacial score (nSPS) is 11.9. The van der Waals surface area contributed by atoms with Crippen LogP contribution >= 0.6 is 0 Å². The number of nitrogens with zero attached hydrogens (tertiary/aromatic N) is 3. The second kappa shape index (κ2) is 7.52. The maximum absolute atomic E-state index is 12.6. The van der Waals surface area contributed by atoms with E-state index < -0.39 is 6.04 Å². The van der Waals surface area contributed by atoms with E-state index in [-0.39, 0.29) is 5.91 Å². The number of amides is 1. The van der Waals surface area contributed by atoms with Crippen LogP contribution < -0.4 is 10.1 Å². The van der Waals surface area contributed by atoms with E-state index in [1.807, 2.05) is 66.9 Å². The standard InChI is InChI=1S/C22H20N4O2/c1-15-7-10-18(11-8-15)28-21-12-9-17(13-23-21)25-22(27)16(2)26-14-24-19-5-3-4-6-20(19)26/h3-14,16H,1-2H3,(H,25,27)/t16-/m1/s1. The summed E-state index contributed by atoms with van der Waals surface area (Å²) in [5.41, 5.74) is 3.56. The fourth-order valence-electron chi connectivity index (χ4n) is 2.90. The average molecular weight is 372 g/mol. The summed E-state index contributed by atoms with van der Waals surface area (Å²) in [5, 5.41) is 2.89. The monoisotopic (exact) mass is 372 g/mol. The van der Waals surface area contributed by atoms with Crippen LogP contribution in [0.5, 0.6) is 11.6 Å². The number of para-hydroxylation sites is 2. The zero-order valence-corrected chi connectivity index (χ0v) is 15.7. The molecule has 2 aromatic carbocycles. The lowest BCUT2D eigenvalue weighted by atomic mass is 10.2. The second-order valence-electron chi connectivity index (χ2n) is 6.61. The summed E-state index contributed by atoms with van der Waals surface area (Å²) >= 11 is 0. The van der Waals surface area contributed by atoms with E-state index in [1.165, 1.54) is 0 Å². The predicted octanol–water partition coefficient (Wildman–Crippen LogP) is 4.73. The smallest absolute Gasteiger partial charge is 0.247 e. The van der Waals surface area contributed by atoms with Crippen LogP contribution in [-0.2, 0) is 4.79 Å². The van der Waals surface area contributed by atoms with Crippen molar-refractivity contribution in [1.82, 2.24) is 14.5 Å². The van der Waals surface area contributed by atoms with Crippen LogP contribution in [0, 0.1) is 6.92 Å². The van der Waals surface area contributed by atoms with Crippen LogP contribution in [0.25, 0.3) is 11.0 Å². The Labute approximate surface area is 162 Å². The Morgan fingerprint density at radius 3 is 2.57 bits per heavy atom. The van der Waals surface area contributed by atoms with Crippen molar-refractivity contribution in [1.29, 1.82) is 0 Å². The van der Waals surface area contributed by atoms with Crippen molar-refractivity contribution < 1.29 is 9.53 Å². The molecule has 0 saturated carbocycles. The molecule has 6 heteroatoms. The highest BCUT2D eigenvalue weighted by Gasteiger charge is 2.17. The third kappa shape index (κ3) is 3.71. The summed E-state index contributed by atoms with van der Waals surface area (Å²) in [6.07, 6.45) is 3.27. The molecule has 2 heterocycles. The number of aryl methyl sites for hydroxylation is 1. The van der Waals surface area contributed by atoms with E-state index in [1.54, 1.807) is 24.7 Å². The van der Waals surface area contributed by atoms with E-state index in [9.17, 15) is 4.79 Å². The number of nitrogens with one attached hydrogen (secondary N) is 1. The van der Waals surface area contributed by atoms with Gasteiger partial charge in [0.05, 0.1) is 29.2 Å². The van der Waals surface area contributed by atoms with Crippen molar-refractivity contribution in [2.75, 3.05) is 5.32 Å². The lowest BCUT2D eigenvalue weighted by Gasteiger charge is -2.14. The van der Waals surface area contributed by atoms with Crippen molar-refractivity contribution in [3.8, 4) is 11.6 Å². The molecule has 4 rings (SSSR count). The van der Waals surface area contributed by atoms with Gasteiger partial charge in [-0.05, 0) is 44.2 Å². The van der Waals surface area contributed by atoms with Gasteiger partial charge in [-0.15, -0.1) is 0 Å². The molecule has 4 aromatic rings. The van der Waals surface area contributed by atoms with Gasteiger partial charge in [0.15, 0.2) is 0 Å². The Morgan fingerprint density at radius 2 is 1.82 bits per heavy atom. The van der Waals surface area contributed by atoms with Crippen molar-refractivity contribution in [2.45, 2.75) is 19.9 Å². The fraction of sp³-hybridized carbons (Fsp3) is 0.136. The number of anilines is 1. The number of rotatable bonds is 5. The van der Waals surface area contributed by atoms with Crippen LogP contribution in [0.3, 0.4) is 0 Å². The number of pyridine rings is 1. The molecule has 0 aliphatic heterocycles. The van der Waals surface area contributed by atoms with Gasteiger partial charge in [0.2, 0.25) is 11.8 Å². The van der Waals surface area contributed by atoms with E-state index >= 15 is 0 Å². The van der Waals surface area contributed by atoms with Crippen LogP contribution in [0.4, 0.5) is 5.69 Å². The minimum absolute atomic E-state index is 0.142. The number of carbonyl (C=O) groups is 1. The molecular weight excluding hydrogens is 352 g/mol. The highest BCUT2D eigenvalue weighted by molar-refractivity contribution is 5.94.